The number of ether oxygens (including phenoxy) is 2. The van der Waals surface area contributed by atoms with Gasteiger partial charge in [-0.25, -0.2) is 4.39 Å². The zero-order chi connectivity index (χ0) is 22.5. The van der Waals surface area contributed by atoms with Gasteiger partial charge in [0.25, 0.3) is 0 Å². The molecule has 0 bridgehead atoms. The third-order valence-electron chi connectivity index (χ3n) is 5.80. The summed E-state index contributed by atoms with van der Waals surface area (Å²) in [6, 6.07) is 10.3. The molecular weight excluding hydrogens is 429 g/mol. The number of halogens is 1. The third-order valence-corrected chi connectivity index (χ3v) is 6.62. The summed E-state index contributed by atoms with van der Waals surface area (Å²) in [7, 11) is 1.60. The van der Waals surface area contributed by atoms with Crippen LogP contribution in [0.15, 0.2) is 36.4 Å². The normalized spacial score (nSPS) is 15.1. The maximum atomic E-state index is 13.4. The molecule has 2 heterocycles. The number of fused-ring (bicyclic) bond motifs is 1. The maximum absolute atomic E-state index is 13.4. The lowest BCUT2D eigenvalue weighted by Crippen LogP contribution is -2.34. The molecular formula is C24H28FN3O3S. The topological polar surface area (TPSA) is 63.7 Å². The predicted molar refractivity (Wildman–Crippen MR) is 125 cm³/mol. The molecule has 0 unspecified atom stereocenters. The van der Waals surface area contributed by atoms with Crippen molar-refractivity contribution in [3.63, 3.8) is 0 Å². The number of nitrogens with zero attached hydrogens (tertiary/aromatic N) is 2. The molecule has 4 rings (SSSR count). The number of benzene rings is 2. The van der Waals surface area contributed by atoms with Crippen molar-refractivity contribution in [1.82, 2.24) is 9.27 Å². The molecule has 8 heteroatoms. The summed E-state index contributed by atoms with van der Waals surface area (Å²) in [5.41, 5.74) is 1.81. The molecule has 1 aliphatic rings. The zero-order valence-electron chi connectivity index (χ0n) is 18.4. The molecule has 1 N–H and O–H groups in total. The molecule has 0 saturated carbocycles. The minimum Gasteiger partial charge on any atom is -0.493 e. The first kappa shape index (κ1) is 22.5. The standard InChI is InChI=1S/C24H28FN3O3S/c1-16(29)26-19-5-7-21(30-2)22(15-19)31-13-3-10-28-11-8-17(9-12-28)24-20-6-4-18(25)14-23(20)32-27-24/h4-7,14-15,17H,3,8-13H2,1-2H3,(H,26,29). The van der Waals surface area contributed by atoms with Crippen molar-refractivity contribution in [1.29, 1.82) is 0 Å². The van der Waals surface area contributed by atoms with Gasteiger partial charge < -0.3 is 19.7 Å². The molecule has 32 heavy (non-hydrogen) atoms. The lowest BCUT2D eigenvalue weighted by Gasteiger charge is -2.31. The van der Waals surface area contributed by atoms with E-state index < -0.39 is 0 Å². The van der Waals surface area contributed by atoms with E-state index in [1.807, 2.05) is 6.07 Å². The summed E-state index contributed by atoms with van der Waals surface area (Å²) >= 11 is 1.39. The van der Waals surface area contributed by atoms with Gasteiger partial charge in [0.1, 0.15) is 5.82 Å². The number of amides is 1. The number of hydrogen-bond donors (Lipinski definition) is 1. The number of carbonyl (C=O) groups excluding carboxylic acids is 1. The van der Waals surface area contributed by atoms with Gasteiger partial charge >= 0.3 is 0 Å². The van der Waals surface area contributed by atoms with E-state index in [4.69, 9.17) is 9.47 Å². The van der Waals surface area contributed by atoms with E-state index >= 15 is 0 Å². The Hall–Kier alpha value is -2.71. The van der Waals surface area contributed by atoms with Gasteiger partial charge in [-0.05, 0) is 74.2 Å². The minimum atomic E-state index is -0.204. The average Bonchev–Trinajstić information content (AvgIpc) is 3.20. The molecule has 6 nitrogen and oxygen atoms in total. The Morgan fingerprint density at radius 1 is 1.22 bits per heavy atom. The van der Waals surface area contributed by atoms with Crippen molar-refractivity contribution < 1.29 is 18.7 Å². The second-order valence-corrected chi connectivity index (χ2v) is 8.88. The van der Waals surface area contributed by atoms with E-state index in [-0.39, 0.29) is 11.7 Å². The Morgan fingerprint density at radius 2 is 2.03 bits per heavy atom. The molecule has 3 aromatic rings. The Bertz CT molecular complexity index is 1080. The first-order chi connectivity index (χ1) is 15.5. The quantitative estimate of drug-likeness (QED) is 0.480. The maximum Gasteiger partial charge on any atom is 0.221 e. The van der Waals surface area contributed by atoms with Crippen molar-refractivity contribution in [3.8, 4) is 11.5 Å². The van der Waals surface area contributed by atoms with Crippen molar-refractivity contribution in [2.24, 2.45) is 0 Å². The highest BCUT2D eigenvalue weighted by Gasteiger charge is 2.24. The van der Waals surface area contributed by atoms with E-state index in [1.54, 1.807) is 31.4 Å². The zero-order valence-corrected chi connectivity index (χ0v) is 19.2. The van der Waals surface area contributed by atoms with Crippen molar-refractivity contribution in [2.45, 2.75) is 32.1 Å². The fraction of sp³-hybridized carbons (Fsp3) is 0.417. The van der Waals surface area contributed by atoms with Gasteiger partial charge in [0.05, 0.1) is 24.1 Å². The van der Waals surface area contributed by atoms with Gasteiger partial charge in [0, 0.05) is 36.5 Å². The van der Waals surface area contributed by atoms with E-state index in [2.05, 4.69) is 14.6 Å². The minimum absolute atomic E-state index is 0.123. The number of anilines is 1. The second kappa shape index (κ2) is 10.3. The van der Waals surface area contributed by atoms with E-state index in [0.717, 1.165) is 54.7 Å². The van der Waals surface area contributed by atoms with E-state index in [9.17, 15) is 9.18 Å². The summed E-state index contributed by atoms with van der Waals surface area (Å²) in [6.07, 6.45) is 3.02. The summed E-state index contributed by atoms with van der Waals surface area (Å²) in [4.78, 5) is 13.7. The number of rotatable bonds is 8. The Kier molecular flexibility index (Phi) is 7.22. The van der Waals surface area contributed by atoms with Crippen LogP contribution in [0.5, 0.6) is 11.5 Å². The summed E-state index contributed by atoms with van der Waals surface area (Å²) in [5, 5.41) is 3.86. The molecule has 1 aliphatic heterocycles. The molecule has 0 aliphatic carbocycles. The molecule has 2 aromatic carbocycles. The van der Waals surface area contributed by atoms with Gasteiger partial charge in [-0.2, -0.15) is 4.37 Å². The highest BCUT2D eigenvalue weighted by Crippen LogP contribution is 2.35. The lowest BCUT2D eigenvalue weighted by molar-refractivity contribution is -0.114. The number of nitrogens with one attached hydrogen (secondary N) is 1. The lowest BCUT2D eigenvalue weighted by atomic mass is 9.91. The highest BCUT2D eigenvalue weighted by atomic mass is 32.1. The van der Waals surface area contributed by atoms with Crippen LogP contribution in [-0.2, 0) is 4.79 Å². The van der Waals surface area contributed by atoms with Gasteiger partial charge in [-0.3, -0.25) is 4.79 Å². The smallest absolute Gasteiger partial charge is 0.221 e. The summed E-state index contributed by atoms with van der Waals surface area (Å²) in [5.74, 6) is 1.38. The second-order valence-electron chi connectivity index (χ2n) is 8.07. The Balaban J connectivity index is 1.25. The fourth-order valence-electron chi connectivity index (χ4n) is 4.20. The number of likely N-dealkylation sites (tertiary alicyclic amines) is 1. The van der Waals surface area contributed by atoms with Crippen LogP contribution in [0.3, 0.4) is 0 Å². The van der Waals surface area contributed by atoms with E-state index in [1.165, 1.54) is 24.5 Å². The molecule has 1 aromatic heterocycles. The third kappa shape index (κ3) is 5.37. The van der Waals surface area contributed by atoms with Crippen LogP contribution >= 0.6 is 11.5 Å². The van der Waals surface area contributed by atoms with Gasteiger partial charge in [-0.1, -0.05) is 0 Å². The average molecular weight is 458 g/mol. The van der Waals surface area contributed by atoms with Crippen LogP contribution in [0, 0.1) is 5.82 Å². The molecule has 0 atom stereocenters. The Morgan fingerprint density at radius 3 is 2.78 bits per heavy atom. The molecule has 170 valence electrons. The number of aromatic nitrogens is 1. The van der Waals surface area contributed by atoms with Crippen LogP contribution in [0.2, 0.25) is 0 Å². The number of carbonyl (C=O) groups is 1. The number of methoxy groups -OCH3 is 1. The fourth-order valence-corrected chi connectivity index (χ4v) is 5.08. The van der Waals surface area contributed by atoms with Crippen LogP contribution in [-0.4, -0.2) is 48.5 Å². The summed E-state index contributed by atoms with van der Waals surface area (Å²) < 4.78 is 30.3. The number of hydrogen-bond acceptors (Lipinski definition) is 6. The van der Waals surface area contributed by atoms with Gasteiger partial charge in [0.2, 0.25) is 5.91 Å². The van der Waals surface area contributed by atoms with Gasteiger partial charge in [-0.15, -0.1) is 0 Å². The first-order valence-corrected chi connectivity index (χ1v) is 11.7. The van der Waals surface area contributed by atoms with Crippen molar-refractivity contribution >= 4 is 33.2 Å². The predicted octanol–water partition coefficient (Wildman–Crippen LogP) is 5.05. The van der Waals surface area contributed by atoms with Crippen LogP contribution in [0.4, 0.5) is 10.1 Å². The summed E-state index contributed by atoms with van der Waals surface area (Å²) in [6.45, 7) is 5.05. The number of piperidine rings is 1. The van der Waals surface area contributed by atoms with Crippen LogP contribution in [0.25, 0.3) is 10.1 Å². The molecule has 1 saturated heterocycles. The monoisotopic (exact) mass is 457 g/mol. The largest absolute Gasteiger partial charge is 0.493 e. The molecule has 1 fully saturated rings. The molecule has 0 spiro atoms. The first-order valence-electron chi connectivity index (χ1n) is 10.9. The van der Waals surface area contributed by atoms with Crippen LogP contribution in [0.1, 0.15) is 37.8 Å². The van der Waals surface area contributed by atoms with Gasteiger partial charge in [0.15, 0.2) is 11.5 Å². The molecule has 0 radical (unpaired) electrons. The highest BCUT2D eigenvalue weighted by molar-refractivity contribution is 7.13. The SMILES string of the molecule is COc1ccc(NC(C)=O)cc1OCCCN1CCC(c2nsc3cc(F)ccc23)CC1. The van der Waals surface area contributed by atoms with Crippen LogP contribution < -0.4 is 14.8 Å². The Labute approximate surface area is 191 Å². The van der Waals surface area contributed by atoms with Crippen molar-refractivity contribution in [2.75, 3.05) is 38.7 Å². The van der Waals surface area contributed by atoms with E-state index in [0.29, 0.717) is 29.7 Å². The van der Waals surface area contributed by atoms with Crippen molar-refractivity contribution in [3.05, 3.63) is 47.9 Å². The molecule has 1 amide bonds.